The van der Waals surface area contributed by atoms with Crippen LogP contribution in [0, 0.1) is 30.6 Å². The van der Waals surface area contributed by atoms with Crippen LogP contribution in [0.5, 0.6) is 17.2 Å². The molecule has 11 nitrogen and oxygen atoms in total. The third kappa shape index (κ3) is 8.28. The summed E-state index contributed by atoms with van der Waals surface area (Å²) >= 11 is 0. The van der Waals surface area contributed by atoms with E-state index in [9.17, 15) is 24.9 Å². The molecule has 1 amide bonds. The molecular weight excluding hydrogens is 684 g/mol. The molecule has 0 aliphatic carbocycles. The second-order valence-electron chi connectivity index (χ2n) is 15.9. The summed E-state index contributed by atoms with van der Waals surface area (Å²) in [5.41, 5.74) is 0.0632. The fourth-order valence-corrected chi connectivity index (χ4v) is 8.51. The van der Waals surface area contributed by atoms with Crippen molar-refractivity contribution in [1.29, 1.82) is 0 Å². The lowest BCUT2D eigenvalue weighted by Crippen LogP contribution is -2.39. The second kappa shape index (κ2) is 17.2. The van der Waals surface area contributed by atoms with Crippen LogP contribution in [0.4, 0.5) is 5.69 Å². The van der Waals surface area contributed by atoms with E-state index in [1.807, 2.05) is 45.1 Å². The number of Topliss-reactive ketones (excluding diaryl/α,β-unsaturated/α-hetero) is 1. The molecule has 0 saturated carbocycles. The third-order valence-corrected chi connectivity index (χ3v) is 11.6. The number of likely N-dealkylation sites (tertiary alicyclic amines) is 1. The van der Waals surface area contributed by atoms with Gasteiger partial charge in [-0.3, -0.25) is 19.6 Å². The van der Waals surface area contributed by atoms with E-state index in [0.717, 1.165) is 25.9 Å². The van der Waals surface area contributed by atoms with Crippen LogP contribution in [-0.2, 0) is 9.53 Å². The Morgan fingerprint density at radius 2 is 1.70 bits per heavy atom. The highest BCUT2D eigenvalue weighted by Gasteiger charge is 2.38. The quantitative estimate of drug-likeness (QED) is 0.211. The number of aliphatic hydroxyl groups is 1. The highest BCUT2D eigenvalue weighted by atomic mass is 16.5. The Bertz CT molecular complexity index is 1970. The van der Waals surface area contributed by atoms with Crippen molar-refractivity contribution in [2.75, 3.05) is 39.2 Å². The summed E-state index contributed by atoms with van der Waals surface area (Å²) in [6.07, 6.45) is 12.0. The van der Waals surface area contributed by atoms with Crippen molar-refractivity contribution in [2.24, 2.45) is 33.7 Å². The van der Waals surface area contributed by atoms with Gasteiger partial charge in [-0.15, -0.1) is 0 Å². The molecule has 294 valence electrons. The molecule has 3 heterocycles. The van der Waals surface area contributed by atoms with Crippen molar-refractivity contribution in [3.8, 4) is 17.2 Å². The largest absolute Gasteiger partial charge is 0.507 e. The normalized spacial score (nSPS) is 31.3. The molecule has 1 saturated heterocycles. The average Bonchev–Trinajstić information content (AvgIpc) is 3.41. The van der Waals surface area contributed by atoms with Gasteiger partial charge in [0.05, 0.1) is 35.1 Å². The van der Waals surface area contributed by atoms with E-state index in [0.29, 0.717) is 35.8 Å². The first-order valence-corrected chi connectivity index (χ1v) is 19.5. The molecule has 11 heteroatoms. The number of phenols is 2. The van der Waals surface area contributed by atoms with Crippen LogP contribution >= 0.6 is 0 Å². The SMILES string of the molecule is CCOc1c(C)c(O)c2c(O)c3c4c(c2c1C(=O)C/C=C/C[C@@H](C)[C@@H](OC)[C@H](C)[C@H](O)[C@H](C)C[C@@H](C)/C=C/C=C(/C)C(=O)N3)=N[C@@]1(CCCN(C)CC1)N=4. The van der Waals surface area contributed by atoms with Gasteiger partial charge in [-0.05, 0) is 77.8 Å². The minimum atomic E-state index is -0.871. The van der Waals surface area contributed by atoms with E-state index in [2.05, 4.69) is 31.1 Å². The molecule has 2 aromatic rings. The summed E-state index contributed by atoms with van der Waals surface area (Å²) in [6.45, 7) is 15.2. The number of amides is 1. The number of methoxy groups -OCH3 is 1. The van der Waals surface area contributed by atoms with Gasteiger partial charge in [0.25, 0.3) is 5.91 Å². The minimum absolute atomic E-state index is 0.00581. The fraction of sp³-hybridized carbons (Fsp3) is 0.581. The van der Waals surface area contributed by atoms with Gasteiger partial charge >= 0.3 is 0 Å². The van der Waals surface area contributed by atoms with E-state index in [4.69, 9.17) is 19.5 Å². The van der Waals surface area contributed by atoms with E-state index in [1.54, 1.807) is 27.0 Å². The zero-order chi connectivity index (χ0) is 39.5. The number of allylic oxidation sites excluding steroid dienone is 5. The summed E-state index contributed by atoms with van der Waals surface area (Å²) in [6, 6.07) is 0. The number of nitrogens with zero attached hydrogens (tertiary/aromatic N) is 3. The Kier molecular flexibility index (Phi) is 13.1. The Balaban J connectivity index is 1.76. The maximum absolute atomic E-state index is 14.5. The number of rotatable bonds is 3. The topological polar surface area (TPSA) is 153 Å². The van der Waals surface area contributed by atoms with Gasteiger partial charge in [0, 0.05) is 48.9 Å². The second-order valence-corrected chi connectivity index (χ2v) is 15.9. The van der Waals surface area contributed by atoms with Gasteiger partial charge in [-0.25, -0.2) is 0 Å². The van der Waals surface area contributed by atoms with Gasteiger partial charge in [0.15, 0.2) is 17.2 Å². The zero-order valence-electron chi connectivity index (χ0n) is 33.5. The molecule has 2 bridgehead atoms. The van der Waals surface area contributed by atoms with Gasteiger partial charge < -0.3 is 35.0 Å². The summed E-state index contributed by atoms with van der Waals surface area (Å²) in [7, 11) is 3.73. The van der Waals surface area contributed by atoms with E-state index in [-0.39, 0.29) is 93.2 Å². The van der Waals surface area contributed by atoms with Crippen molar-refractivity contribution in [3.05, 3.63) is 57.8 Å². The summed E-state index contributed by atoms with van der Waals surface area (Å²) in [5.74, 6) is -1.11. The number of ether oxygens (including phenoxy) is 2. The summed E-state index contributed by atoms with van der Waals surface area (Å²) in [5, 5.41) is 39.0. The average molecular weight is 745 g/mol. The van der Waals surface area contributed by atoms with Crippen LogP contribution in [-0.4, -0.2) is 83.6 Å². The molecule has 0 radical (unpaired) electrons. The minimum Gasteiger partial charge on any atom is -0.507 e. The summed E-state index contributed by atoms with van der Waals surface area (Å²) in [4.78, 5) is 40.9. The molecule has 54 heavy (non-hydrogen) atoms. The smallest absolute Gasteiger partial charge is 0.251 e. The molecule has 4 N–H and O–H groups in total. The Labute approximate surface area is 319 Å². The molecule has 3 aliphatic rings. The first-order valence-electron chi connectivity index (χ1n) is 19.5. The predicted octanol–water partition coefficient (Wildman–Crippen LogP) is 6.31. The van der Waals surface area contributed by atoms with Crippen LogP contribution in [0.25, 0.3) is 10.8 Å². The number of aliphatic hydroxyl groups excluding tert-OH is 1. The van der Waals surface area contributed by atoms with Crippen LogP contribution in [0.2, 0.25) is 0 Å². The highest BCUT2D eigenvalue weighted by Crippen LogP contribution is 2.45. The lowest BCUT2D eigenvalue weighted by molar-refractivity contribution is -0.112. The Morgan fingerprint density at radius 1 is 0.981 bits per heavy atom. The lowest BCUT2D eigenvalue weighted by atomic mass is 9.80. The molecule has 5 rings (SSSR count). The number of nitrogens with one attached hydrogen (secondary N) is 1. The van der Waals surface area contributed by atoms with E-state index < -0.39 is 17.7 Å². The van der Waals surface area contributed by atoms with Gasteiger partial charge in [-0.1, -0.05) is 58.1 Å². The molecule has 7 atom stereocenters. The number of hydrogen-bond acceptors (Lipinski definition) is 10. The molecule has 1 fully saturated rings. The number of benzene rings is 2. The maximum Gasteiger partial charge on any atom is 0.251 e. The number of phenolic OH excluding ortho intramolecular Hbond substituents is 2. The standard InChI is InChI=1S/C43H60N4O7/c1-10-54-41-29(7)38(50)33-32-31(41)30(48)18-12-11-16-25(3)40(53-9)28(6)37(49)27(5)23-24(2)15-13-17-26(4)42(52)44-36(39(33)51)35-34(32)45-43(46-35)19-14-21-47(8)22-20-43/h11-13,15,17,24-25,27-28,37,40,49-51H,10,14,16,18-23H2,1-9H3,(H,44,52)/b12-11+,15-13+,26-17-/t24-,25+,27+,28+,37+,40+,43-/m0/s1. The van der Waals surface area contributed by atoms with Crippen molar-refractivity contribution < 1.29 is 34.4 Å². The van der Waals surface area contributed by atoms with E-state index >= 15 is 0 Å². The summed E-state index contributed by atoms with van der Waals surface area (Å²) < 4.78 is 12.0. The maximum atomic E-state index is 14.5. The number of ketones is 1. The van der Waals surface area contributed by atoms with Crippen molar-refractivity contribution in [3.63, 3.8) is 0 Å². The van der Waals surface area contributed by atoms with Crippen LogP contribution in [0.3, 0.4) is 0 Å². The molecule has 0 unspecified atom stereocenters. The van der Waals surface area contributed by atoms with Crippen LogP contribution < -0.4 is 20.8 Å². The molecule has 1 spiro atoms. The molecule has 0 aromatic heterocycles. The van der Waals surface area contributed by atoms with Gasteiger partial charge in [0.1, 0.15) is 22.5 Å². The number of carbonyl (C=O) groups is 2. The Hall–Kier alpha value is -4.06. The monoisotopic (exact) mass is 744 g/mol. The van der Waals surface area contributed by atoms with Gasteiger partial charge in [0.2, 0.25) is 0 Å². The first kappa shape index (κ1) is 41.1. The zero-order valence-corrected chi connectivity index (χ0v) is 33.5. The van der Waals surface area contributed by atoms with Crippen molar-refractivity contribution in [2.45, 2.75) is 105 Å². The Morgan fingerprint density at radius 3 is 2.41 bits per heavy atom. The number of carbonyl (C=O) groups excluding carboxylic acids is 2. The number of anilines is 1. The van der Waals surface area contributed by atoms with Gasteiger partial charge in [-0.2, -0.15) is 0 Å². The predicted molar refractivity (Wildman–Crippen MR) is 212 cm³/mol. The first-order chi connectivity index (χ1) is 25.6. The lowest BCUT2D eigenvalue weighted by Gasteiger charge is -2.34. The fourth-order valence-electron chi connectivity index (χ4n) is 8.51. The number of aromatic hydroxyl groups is 2. The third-order valence-electron chi connectivity index (χ3n) is 11.6. The molecule has 3 aliphatic heterocycles. The van der Waals surface area contributed by atoms with Crippen LogP contribution in [0.15, 0.2) is 45.9 Å². The molecular formula is C43H60N4O7. The van der Waals surface area contributed by atoms with Crippen molar-refractivity contribution >= 4 is 28.2 Å². The number of hydrogen-bond donors (Lipinski definition) is 4. The highest BCUT2D eigenvalue weighted by molar-refractivity contribution is 6.16. The van der Waals surface area contributed by atoms with Crippen molar-refractivity contribution in [1.82, 2.24) is 4.90 Å². The molecule has 2 aromatic carbocycles. The van der Waals surface area contributed by atoms with E-state index in [1.165, 1.54) is 0 Å². The van der Waals surface area contributed by atoms with Crippen LogP contribution in [0.1, 0.15) is 96.0 Å².